The van der Waals surface area contributed by atoms with E-state index in [1.165, 1.54) is 43.5 Å². The van der Waals surface area contributed by atoms with E-state index in [2.05, 4.69) is 4.74 Å². The van der Waals surface area contributed by atoms with Crippen LogP contribution in [0.25, 0.3) is 0 Å². The fraction of sp³-hybridized carbons (Fsp3) is 0.379. The minimum absolute atomic E-state index is 0.00104. The fourth-order valence-corrected chi connectivity index (χ4v) is 8.33. The van der Waals surface area contributed by atoms with Gasteiger partial charge in [-0.25, -0.2) is 13.2 Å². The second-order valence-electron chi connectivity index (χ2n) is 10.3. The van der Waals surface area contributed by atoms with Crippen molar-refractivity contribution >= 4 is 51.0 Å². The minimum atomic E-state index is -4.13. The highest BCUT2D eigenvalue weighted by molar-refractivity contribution is 8.02. The summed E-state index contributed by atoms with van der Waals surface area (Å²) < 4.78 is 76.5. The second-order valence-corrected chi connectivity index (χ2v) is 14.2. The largest absolute Gasteiger partial charge is 0.619 e. The van der Waals surface area contributed by atoms with Crippen molar-refractivity contribution in [3.8, 4) is 17.2 Å². The van der Waals surface area contributed by atoms with E-state index in [0.717, 1.165) is 41.3 Å². The van der Waals surface area contributed by atoms with Gasteiger partial charge in [-0.15, -0.1) is 11.8 Å². The maximum atomic E-state index is 13.7. The quantitative estimate of drug-likeness (QED) is 0.127. The maximum absolute atomic E-state index is 13.7. The molecule has 1 aromatic heterocycles. The molecule has 0 N–H and O–H groups in total. The molecule has 0 bridgehead atoms. The van der Waals surface area contributed by atoms with Crippen molar-refractivity contribution in [2.45, 2.75) is 42.2 Å². The zero-order valence-electron chi connectivity index (χ0n) is 23.7. The van der Waals surface area contributed by atoms with Gasteiger partial charge in [0.15, 0.2) is 29.3 Å². The van der Waals surface area contributed by atoms with E-state index in [4.69, 9.17) is 37.4 Å². The first-order valence-electron chi connectivity index (χ1n) is 13.7. The molecule has 2 heterocycles. The van der Waals surface area contributed by atoms with Crippen molar-refractivity contribution in [3.63, 3.8) is 0 Å². The lowest BCUT2D eigenvalue weighted by Gasteiger charge is -2.26. The highest BCUT2D eigenvalue weighted by atomic mass is 35.5. The van der Waals surface area contributed by atoms with Crippen molar-refractivity contribution in [2.24, 2.45) is 5.92 Å². The van der Waals surface area contributed by atoms with E-state index in [0.29, 0.717) is 27.7 Å². The summed E-state index contributed by atoms with van der Waals surface area (Å²) in [4.78, 5) is 13.7. The summed E-state index contributed by atoms with van der Waals surface area (Å²) in [5, 5.41) is 10.6. The molecule has 242 valence electrons. The summed E-state index contributed by atoms with van der Waals surface area (Å²) >= 11 is 13.8. The minimum Gasteiger partial charge on any atom is -0.619 e. The van der Waals surface area contributed by atoms with Crippen molar-refractivity contribution in [1.82, 2.24) is 4.31 Å². The smallest absolute Gasteiger partial charge is 0.387 e. The molecule has 2 aromatic carbocycles. The molecular weight excluding hydrogens is 677 g/mol. The number of pyridine rings is 1. The van der Waals surface area contributed by atoms with Crippen molar-refractivity contribution < 1.29 is 45.7 Å². The predicted octanol–water partition coefficient (Wildman–Crippen LogP) is 5.62. The van der Waals surface area contributed by atoms with Gasteiger partial charge in [0.05, 0.1) is 18.6 Å². The molecule has 2 fully saturated rings. The molecule has 0 radical (unpaired) electrons. The molecule has 1 saturated heterocycles. The number of carbonyl (C=O) groups is 1. The number of rotatable bonds is 13. The number of halogens is 4. The summed E-state index contributed by atoms with van der Waals surface area (Å²) in [6.07, 6.45) is 2.78. The normalized spacial score (nSPS) is 17.7. The van der Waals surface area contributed by atoms with Crippen molar-refractivity contribution in [2.75, 3.05) is 26.0 Å². The second kappa shape index (κ2) is 14.2. The molecule has 16 heteroatoms. The first kappa shape index (κ1) is 33.3. The predicted molar refractivity (Wildman–Crippen MR) is 162 cm³/mol. The van der Waals surface area contributed by atoms with Gasteiger partial charge in [0.1, 0.15) is 21.9 Å². The van der Waals surface area contributed by atoms with Crippen LogP contribution in [0, 0.1) is 11.1 Å². The summed E-state index contributed by atoms with van der Waals surface area (Å²) in [6.45, 7) is -2.78. The third kappa shape index (κ3) is 8.04. The third-order valence-electron chi connectivity index (χ3n) is 7.13. The summed E-state index contributed by atoms with van der Waals surface area (Å²) in [7, 11) is -2.72. The van der Waals surface area contributed by atoms with Crippen LogP contribution in [0.15, 0.2) is 59.8 Å². The molecule has 1 saturated carbocycles. The lowest BCUT2D eigenvalue weighted by molar-refractivity contribution is -0.605. The maximum Gasteiger partial charge on any atom is 0.387 e. The molecule has 0 unspecified atom stereocenters. The van der Waals surface area contributed by atoms with Gasteiger partial charge in [0.2, 0.25) is 10.0 Å². The van der Waals surface area contributed by atoms with Gasteiger partial charge >= 0.3 is 12.6 Å². The topological polar surface area (TPSA) is 118 Å². The van der Waals surface area contributed by atoms with Gasteiger partial charge in [-0.2, -0.15) is 17.8 Å². The SMILES string of the molecule is COc1cccc(S(=O)(=O)N2CCS[C@H]2C(=O)O[C@@H](Cc2c(Cl)c[n+]([O-])cc2Cl)c2ccc(OC(F)F)c(OCC3CC3)c2)c1. The molecule has 45 heavy (non-hydrogen) atoms. The number of esters is 1. The number of benzene rings is 2. The molecule has 2 aliphatic rings. The Morgan fingerprint density at radius 2 is 1.87 bits per heavy atom. The van der Waals surface area contributed by atoms with E-state index >= 15 is 0 Å². The Balaban J connectivity index is 1.47. The standard InChI is InChI=1S/C29H28Cl2F2N2O8S2/c1-40-19-3-2-4-20(12-19)45(38,39)35-9-10-44-27(35)28(36)42-25(13-21-22(30)14-34(37)15-23(21)31)18-7-8-24(43-29(32)33)26(11-18)41-16-17-5-6-17/h2-4,7-8,11-12,14-15,17,25,27,29H,5-6,9-10,13,16H2,1H3/t25-,27-/m0/s1. The molecule has 0 spiro atoms. The fourth-order valence-electron chi connectivity index (χ4n) is 4.64. The van der Waals surface area contributed by atoms with E-state index in [1.807, 2.05) is 0 Å². The third-order valence-corrected chi connectivity index (χ3v) is 11.0. The van der Waals surface area contributed by atoms with Gasteiger partial charge in [-0.3, -0.25) is 0 Å². The number of thioether (sulfide) groups is 1. The number of nitrogens with zero attached hydrogens (tertiary/aromatic N) is 2. The van der Waals surface area contributed by atoms with Gasteiger partial charge < -0.3 is 24.2 Å². The average Bonchev–Trinajstić information content (AvgIpc) is 3.69. The Bertz CT molecular complexity index is 1640. The van der Waals surface area contributed by atoms with Gasteiger partial charge in [-0.05, 0) is 48.6 Å². The van der Waals surface area contributed by atoms with Crippen LogP contribution in [0.3, 0.4) is 0 Å². The highest BCUT2D eigenvalue weighted by Crippen LogP contribution is 2.39. The van der Waals surface area contributed by atoms with Crippen LogP contribution in [0.4, 0.5) is 8.78 Å². The van der Waals surface area contributed by atoms with Crippen LogP contribution >= 0.6 is 35.0 Å². The van der Waals surface area contributed by atoms with E-state index in [9.17, 15) is 27.2 Å². The summed E-state index contributed by atoms with van der Waals surface area (Å²) in [5.41, 5.74) is 0.587. The van der Waals surface area contributed by atoms with E-state index in [-0.39, 0.29) is 51.6 Å². The molecule has 0 amide bonds. The number of alkyl halides is 2. The van der Waals surface area contributed by atoms with Gasteiger partial charge in [-0.1, -0.05) is 35.3 Å². The number of methoxy groups -OCH3 is 1. The zero-order chi connectivity index (χ0) is 32.3. The number of hydrogen-bond acceptors (Lipinski definition) is 9. The zero-order valence-corrected chi connectivity index (χ0v) is 26.9. The van der Waals surface area contributed by atoms with Crippen LogP contribution in [0.5, 0.6) is 17.2 Å². The van der Waals surface area contributed by atoms with Crippen LogP contribution in [0.1, 0.15) is 30.1 Å². The van der Waals surface area contributed by atoms with Crippen molar-refractivity contribution in [3.05, 3.63) is 81.2 Å². The number of aromatic nitrogens is 1. The first-order chi connectivity index (χ1) is 21.5. The number of carbonyl (C=O) groups excluding carboxylic acids is 1. The van der Waals surface area contributed by atoms with Gasteiger partial charge in [0.25, 0.3) is 0 Å². The highest BCUT2D eigenvalue weighted by Gasteiger charge is 2.42. The Hall–Kier alpha value is -3.04. The van der Waals surface area contributed by atoms with Crippen LogP contribution in [0.2, 0.25) is 10.0 Å². The van der Waals surface area contributed by atoms with Gasteiger partial charge in [0, 0.05) is 30.3 Å². The lowest BCUT2D eigenvalue weighted by Crippen LogP contribution is -2.40. The van der Waals surface area contributed by atoms with Crippen LogP contribution < -0.4 is 18.9 Å². The van der Waals surface area contributed by atoms with Crippen LogP contribution in [-0.2, 0) is 26.0 Å². The Morgan fingerprint density at radius 1 is 1.13 bits per heavy atom. The lowest BCUT2D eigenvalue weighted by atomic mass is 10.0. The molecule has 5 rings (SSSR count). The van der Waals surface area contributed by atoms with E-state index < -0.39 is 34.1 Å². The molecular formula is C29H28Cl2F2N2O8S2. The average molecular weight is 706 g/mol. The number of sulfonamides is 1. The van der Waals surface area contributed by atoms with Crippen molar-refractivity contribution in [1.29, 1.82) is 0 Å². The molecule has 2 atom stereocenters. The van der Waals surface area contributed by atoms with E-state index in [1.54, 1.807) is 6.07 Å². The Morgan fingerprint density at radius 3 is 2.53 bits per heavy atom. The van der Waals surface area contributed by atoms with Crippen LogP contribution in [-0.4, -0.2) is 56.7 Å². The Kier molecular flexibility index (Phi) is 10.5. The molecule has 1 aliphatic heterocycles. The first-order valence-corrected chi connectivity index (χ1v) is 17.0. The molecule has 1 aliphatic carbocycles. The number of ether oxygens (including phenoxy) is 4. The molecule has 3 aromatic rings. The number of hydrogen-bond donors (Lipinski definition) is 0. The summed E-state index contributed by atoms with van der Waals surface area (Å²) in [6, 6.07) is 10.0. The molecule has 10 nitrogen and oxygen atoms in total. The summed E-state index contributed by atoms with van der Waals surface area (Å²) in [5.74, 6) is -0.113. The monoisotopic (exact) mass is 704 g/mol. The Labute approximate surface area is 272 Å².